The summed E-state index contributed by atoms with van der Waals surface area (Å²) >= 11 is 3.09. The van der Waals surface area contributed by atoms with Gasteiger partial charge in [0.25, 0.3) is 0 Å². The summed E-state index contributed by atoms with van der Waals surface area (Å²) in [4.78, 5) is 0. The first kappa shape index (κ1) is 30.4. The molecule has 6 heteroatoms. The predicted molar refractivity (Wildman–Crippen MR) is 75.4 cm³/mol. The summed E-state index contributed by atoms with van der Waals surface area (Å²) in [6.07, 6.45) is 4.54. The molecule has 0 saturated heterocycles. The maximum absolute atomic E-state index is 7.79. The second kappa shape index (κ2) is 55.4. The Hall–Kier alpha value is -0.720. The summed E-state index contributed by atoms with van der Waals surface area (Å²) in [6, 6.07) is 3.66. The molecule has 0 unspecified atom stereocenters. The van der Waals surface area contributed by atoms with E-state index in [4.69, 9.17) is 10.5 Å². The molecule has 0 fully saturated rings. The first-order valence-corrected chi connectivity index (χ1v) is 5.49. The van der Waals surface area contributed by atoms with Gasteiger partial charge < -0.3 is 10.9 Å². The van der Waals surface area contributed by atoms with Crippen molar-refractivity contribution in [2.75, 3.05) is 19.5 Å². The Kier molecular flexibility index (Phi) is 93.5. The van der Waals surface area contributed by atoms with E-state index in [1.165, 1.54) is 18.6 Å². The molecule has 0 aliphatic rings. The van der Waals surface area contributed by atoms with Crippen molar-refractivity contribution in [1.29, 1.82) is 10.5 Å². The predicted octanol–water partition coefficient (Wildman–Crippen LogP) is 0.660. The topological polar surface area (TPSA) is 66.0 Å². The third-order valence-electron chi connectivity index (χ3n) is 0.631. The Balaban J connectivity index is -0.0000000288. The van der Waals surface area contributed by atoms with Gasteiger partial charge >= 0.3 is 29.6 Å². The van der Waals surface area contributed by atoms with Crippen molar-refractivity contribution >= 4 is 15.9 Å². The van der Waals surface area contributed by atoms with Crippen LogP contribution in [0, 0.1) is 22.7 Å². The second-order valence-electron chi connectivity index (χ2n) is 1.74. The SMILES string of the molecule is C=CC#N.C=COC.C=COC.N#CCCBr.[H-].[Na+]. The van der Waals surface area contributed by atoms with E-state index in [1.54, 1.807) is 20.3 Å². The Labute approximate surface area is 142 Å². The molecule has 18 heavy (non-hydrogen) atoms. The summed E-state index contributed by atoms with van der Waals surface area (Å²) in [5.74, 6) is 0. The van der Waals surface area contributed by atoms with E-state index in [2.05, 4.69) is 45.1 Å². The van der Waals surface area contributed by atoms with E-state index < -0.39 is 0 Å². The smallest absolute Gasteiger partial charge is 1.00 e. The van der Waals surface area contributed by atoms with Gasteiger partial charge in [0.2, 0.25) is 0 Å². The number of allylic oxidation sites excluding steroid dienone is 1. The van der Waals surface area contributed by atoms with Gasteiger partial charge in [-0.05, 0) is 0 Å². The molecule has 0 radical (unpaired) electrons. The van der Waals surface area contributed by atoms with Crippen LogP contribution < -0.4 is 29.6 Å². The molecule has 0 aromatic rings. The number of rotatable bonds is 3. The molecule has 0 aromatic carbocycles. The molecule has 0 aromatic heterocycles. The number of methoxy groups -OCH3 is 2. The quantitative estimate of drug-likeness (QED) is 0.331. The molecule has 98 valence electrons. The van der Waals surface area contributed by atoms with Crippen LogP contribution in [-0.2, 0) is 9.47 Å². The summed E-state index contributed by atoms with van der Waals surface area (Å²) in [7, 11) is 3.12. The van der Waals surface area contributed by atoms with Crippen molar-refractivity contribution in [3.8, 4) is 12.1 Å². The van der Waals surface area contributed by atoms with Crippen molar-refractivity contribution in [2.45, 2.75) is 6.42 Å². The zero-order valence-corrected chi connectivity index (χ0v) is 14.9. The zero-order valence-electron chi connectivity index (χ0n) is 12.4. The third-order valence-corrected chi connectivity index (χ3v) is 1.03. The van der Waals surface area contributed by atoms with E-state index in [-0.39, 0.29) is 31.0 Å². The number of nitriles is 2. The Morgan fingerprint density at radius 1 is 1.17 bits per heavy atom. The fraction of sp³-hybridized carbons (Fsp3) is 0.333. The van der Waals surface area contributed by atoms with E-state index in [9.17, 15) is 0 Å². The summed E-state index contributed by atoms with van der Waals surface area (Å²) in [5.41, 5.74) is 0. The molecule has 0 heterocycles. The molecule has 0 bridgehead atoms. The Bertz CT molecular complexity index is 233. The fourth-order valence-electron chi connectivity index (χ4n) is 0.0423. The van der Waals surface area contributed by atoms with Crippen LogP contribution in [0.2, 0.25) is 0 Å². The summed E-state index contributed by atoms with van der Waals surface area (Å²) in [6.45, 7) is 9.63. The average molecular weight is 327 g/mol. The third kappa shape index (κ3) is 170. The van der Waals surface area contributed by atoms with E-state index in [1.807, 2.05) is 6.07 Å². The van der Waals surface area contributed by atoms with Gasteiger partial charge in [-0.25, -0.2) is 0 Å². The zero-order chi connectivity index (χ0) is 14.4. The van der Waals surface area contributed by atoms with Gasteiger partial charge in [0, 0.05) is 17.8 Å². The van der Waals surface area contributed by atoms with Crippen molar-refractivity contribution in [3.63, 3.8) is 0 Å². The number of hydrogen-bond donors (Lipinski definition) is 0. The van der Waals surface area contributed by atoms with Crippen LogP contribution in [0.1, 0.15) is 7.85 Å². The number of nitrogens with zero attached hydrogens (tertiary/aromatic N) is 2. The number of hydrogen-bond acceptors (Lipinski definition) is 4. The van der Waals surface area contributed by atoms with E-state index >= 15 is 0 Å². The molecular formula is C12H20BrN2NaO2. The molecule has 0 rings (SSSR count). The molecule has 0 saturated carbocycles. The van der Waals surface area contributed by atoms with Gasteiger partial charge in [-0.3, -0.25) is 0 Å². The maximum atomic E-state index is 7.79. The van der Waals surface area contributed by atoms with E-state index in [0.717, 1.165) is 5.33 Å². The van der Waals surface area contributed by atoms with E-state index in [0.29, 0.717) is 6.42 Å². The minimum Gasteiger partial charge on any atom is -1.00 e. The molecule has 0 amide bonds. The number of ether oxygens (including phenoxy) is 2. The fourth-order valence-corrected chi connectivity index (χ4v) is 0.220. The van der Waals surface area contributed by atoms with Gasteiger partial charge in [-0.15, -0.1) is 0 Å². The van der Waals surface area contributed by atoms with Crippen molar-refractivity contribution < 1.29 is 40.5 Å². The van der Waals surface area contributed by atoms with Crippen molar-refractivity contribution in [3.05, 3.63) is 38.3 Å². The van der Waals surface area contributed by atoms with Gasteiger partial charge in [0.05, 0.1) is 38.9 Å². The van der Waals surface area contributed by atoms with Crippen LogP contribution in [0.25, 0.3) is 0 Å². The first-order valence-electron chi connectivity index (χ1n) is 4.37. The van der Waals surface area contributed by atoms with Crippen LogP contribution in [0.15, 0.2) is 38.3 Å². The second-order valence-corrected chi connectivity index (χ2v) is 2.53. The van der Waals surface area contributed by atoms with Crippen molar-refractivity contribution in [1.82, 2.24) is 0 Å². The average Bonchev–Trinajstić information content (AvgIpc) is 2.40. The van der Waals surface area contributed by atoms with Crippen LogP contribution in [0.4, 0.5) is 0 Å². The molecule has 0 aliphatic carbocycles. The first-order chi connectivity index (χ1) is 8.16. The van der Waals surface area contributed by atoms with Crippen LogP contribution in [-0.4, -0.2) is 19.5 Å². The van der Waals surface area contributed by atoms with Crippen LogP contribution in [0.5, 0.6) is 0 Å². The molecule has 4 nitrogen and oxygen atoms in total. The van der Waals surface area contributed by atoms with Crippen LogP contribution in [0.3, 0.4) is 0 Å². The number of halogens is 1. The molecule has 0 aliphatic heterocycles. The monoisotopic (exact) mass is 326 g/mol. The minimum absolute atomic E-state index is 0. The minimum atomic E-state index is 0. The normalized spacial score (nSPS) is 4.94. The van der Waals surface area contributed by atoms with Gasteiger partial charge in [-0.2, -0.15) is 10.5 Å². The maximum Gasteiger partial charge on any atom is 1.00 e. The Morgan fingerprint density at radius 3 is 1.44 bits per heavy atom. The molecular weight excluding hydrogens is 307 g/mol. The summed E-state index contributed by atoms with van der Waals surface area (Å²) < 4.78 is 8.61. The standard InChI is InChI=1S/C3H4BrN.C3H3N.2C3H6O.Na.H/c4-2-1-3-5;1-2-3-4;2*1-3-4-2;;/h1-2H2;2H,1H2;2*3H,1H2,2H3;;/q;;;;+1;-1. The molecule has 0 atom stereocenters. The number of alkyl halides is 1. The van der Waals surface area contributed by atoms with Gasteiger partial charge in [0.15, 0.2) is 0 Å². The van der Waals surface area contributed by atoms with Gasteiger partial charge in [0.1, 0.15) is 0 Å². The molecule has 0 spiro atoms. The van der Waals surface area contributed by atoms with Gasteiger partial charge in [-0.1, -0.05) is 35.7 Å². The van der Waals surface area contributed by atoms with Crippen LogP contribution >= 0.6 is 15.9 Å². The Morgan fingerprint density at radius 2 is 1.44 bits per heavy atom. The summed E-state index contributed by atoms with van der Waals surface area (Å²) in [5, 5.41) is 16.1. The van der Waals surface area contributed by atoms with Crippen molar-refractivity contribution in [2.24, 2.45) is 0 Å². The molecule has 0 N–H and O–H groups in total. The largest absolute Gasteiger partial charge is 1.00 e.